The molecule has 0 aromatic heterocycles. The zero-order valence-electron chi connectivity index (χ0n) is 10.1. The van der Waals surface area contributed by atoms with Crippen molar-refractivity contribution in [3.8, 4) is 0 Å². The maximum atomic E-state index is 12.5. The summed E-state index contributed by atoms with van der Waals surface area (Å²) in [6.45, 7) is 1.94. The van der Waals surface area contributed by atoms with Crippen LogP contribution in [0.2, 0.25) is 0 Å². The van der Waals surface area contributed by atoms with Gasteiger partial charge in [0.05, 0.1) is 5.56 Å². The van der Waals surface area contributed by atoms with E-state index in [4.69, 9.17) is 5.73 Å². The number of hydrogen-bond donors (Lipinski definition) is 1. The molecule has 0 aliphatic rings. The second-order valence-corrected chi connectivity index (χ2v) is 4.25. The SMILES string of the molecule is CCCC(N)CC(=O)c1cccc(C(F)(F)F)c1. The number of hydrogen-bond acceptors (Lipinski definition) is 2. The Morgan fingerprint density at radius 1 is 1.39 bits per heavy atom. The fraction of sp³-hybridized carbons (Fsp3) is 0.462. The van der Waals surface area contributed by atoms with Gasteiger partial charge in [0.25, 0.3) is 0 Å². The molecule has 100 valence electrons. The summed E-state index contributed by atoms with van der Waals surface area (Å²) in [5.41, 5.74) is 4.96. The van der Waals surface area contributed by atoms with Crippen LogP contribution in [-0.2, 0) is 6.18 Å². The molecule has 0 heterocycles. The molecule has 18 heavy (non-hydrogen) atoms. The first-order valence-corrected chi connectivity index (χ1v) is 5.80. The van der Waals surface area contributed by atoms with Gasteiger partial charge in [-0.1, -0.05) is 25.5 Å². The molecule has 0 radical (unpaired) electrons. The molecule has 1 aromatic rings. The highest BCUT2D eigenvalue weighted by Crippen LogP contribution is 2.29. The number of Topliss-reactive ketones (excluding diaryl/α,β-unsaturated/α-hetero) is 1. The highest BCUT2D eigenvalue weighted by molar-refractivity contribution is 5.96. The molecule has 0 amide bonds. The fourth-order valence-electron chi connectivity index (χ4n) is 1.70. The first kappa shape index (κ1) is 14.7. The summed E-state index contributed by atoms with van der Waals surface area (Å²) in [4.78, 5) is 11.8. The van der Waals surface area contributed by atoms with E-state index in [1.807, 2.05) is 6.92 Å². The van der Waals surface area contributed by atoms with Crippen molar-refractivity contribution in [1.82, 2.24) is 0 Å². The second-order valence-electron chi connectivity index (χ2n) is 4.25. The van der Waals surface area contributed by atoms with Gasteiger partial charge in [0.2, 0.25) is 0 Å². The Hall–Kier alpha value is -1.36. The Morgan fingerprint density at radius 2 is 2.06 bits per heavy atom. The minimum atomic E-state index is -4.43. The van der Waals surface area contributed by atoms with Crippen LogP contribution < -0.4 is 5.73 Å². The zero-order chi connectivity index (χ0) is 13.8. The number of nitrogens with two attached hydrogens (primary N) is 1. The molecule has 0 spiro atoms. The Kier molecular flexibility index (Phi) is 4.90. The van der Waals surface area contributed by atoms with Gasteiger partial charge in [-0.15, -0.1) is 0 Å². The van der Waals surface area contributed by atoms with E-state index in [9.17, 15) is 18.0 Å². The minimum Gasteiger partial charge on any atom is -0.327 e. The lowest BCUT2D eigenvalue weighted by Crippen LogP contribution is -2.23. The second kappa shape index (κ2) is 6.00. The number of ketones is 1. The fourth-order valence-corrected chi connectivity index (χ4v) is 1.70. The molecular formula is C13H16F3NO. The summed E-state index contributed by atoms with van der Waals surface area (Å²) in [7, 11) is 0. The molecule has 1 rings (SSSR count). The van der Waals surface area contributed by atoms with Gasteiger partial charge in [0.15, 0.2) is 5.78 Å². The Bertz CT molecular complexity index is 415. The third-order valence-electron chi connectivity index (χ3n) is 2.62. The molecule has 5 heteroatoms. The van der Waals surface area contributed by atoms with Crippen LogP contribution >= 0.6 is 0 Å². The Morgan fingerprint density at radius 3 is 2.61 bits per heavy atom. The van der Waals surface area contributed by atoms with E-state index in [-0.39, 0.29) is 23.8 Å². The van der Waals surface area contributed by atoms with Crippen molar-refractivity contribution in [2.24, 2.45) is 5.73 Å². The third kappa shape index (κ3) is 4.14. The molecule has 0 aliphatic carbocycles. The summed E-state index contributed by atoms with van der Waals surface area (Å²) in [6, 6.07) is 4.15. The normalized spacial score (nSPS) is 13.4. The van der Waals surface area contributed by atoms with Crippen molar-refractivity contribution in [1.29, 1.82) is 0 Å². The molecule has 0 saturated carbocycles. The number of alkyl halides is 3. The lowest BCUT2D eigenvalue weighted by atomic mass is 10.00. The average molecular weight is 259 g/mol. The standard InChI is InChI=1S/C13H16F3NO/c1-2-4-11(17)8-12(18)9-5-3-6-10(7-9)13(14,15)16/h3,5-7,11H,2,4,8,17H2,1H3. The van der Waals surface area contributed by atoms with Crippen LogP contribution in [0.15, 0.2) is 24.3 Å². The maximum absolute atomic E-state index is 12.5. The van der Waals surface area contributed by atoms with Crippen LogP contribution in [0.3, 0.4) is 0 Å². The molecule has 0 bridgehead atoms. The van der Waals surface area contributed by atoms with Gasteiger partial charge < -0.3 is 5.73 Å². The van der Waals surface area contributed by atoms with Gasteiger partial charge >= 0.3 is 6.18 Å². The molecule has 0 aliphatic heterocycles. The number of rotatable bonds is 5. The van der Waals surface area contributed by atoms with Crippen LogP contribution in [0, 0.1) is 0 Å². The largest absolute Gasteiger partial charge is 0.416 e. The summed E-state index contributed by atoms with van der Waals surface area (Å²) < 4.78 is 37.4. The van der Waals surface area contributed by atoms with Crippen LogP contribution in [0.25, 0.3) is 0 Å². The Labute approximate surface area is 104 Å². The molecule has 0 fully saturated rings. The summed E-state index contributed by atoms with van der Waals surface area (Å²) in [5.74, 6) is -0.345. The van der Waals surface area contributed by atoms with Crippen LogP contribution in [0.1, 0.15) is 42.1 Å². The molecule has 1 atom stereocenters. The number of carbonyl (C=O) groups is 1. The maximum Gasteiger partial charge on any atom is 0.416 e. The molecule has 0 saturated heterocycles. The lowest BCUT2D eigenvalue weighted by Gasteiger charge is -2.11. The summed E-state index contributed by atoms with van der Waals surface area (Å²) in [6.07, 6.45) is -2.82. The highest BCUT2D eigenvalue weighted by atomic mass is 19.4. The van der Waals surface area contributed by atoms with E-state index in [0.717, 1.165) is 18.6 Å². The van der Waals surface area contributed by atoms with Gasteiger partial charge in [0, 0.05) is 18.0 Å². The zero-order valence-corrected chi connectivity index (χ0v) is 10.1. The summed E-state index contributed by atoms with van der Waals surface area (Å²) >= 11 is 0. The highest BCUT2D eigenvalue weighted by Gasteiger charge is 2.30. The molecular weight excluding hydrogens is 243 g/mol. The van der Waals surface area contributed by atoms with E-state index in [2.05, 4.69) is 0 Å². The topological polar surface area (TPSA) is 43.1 Å². The van der Waals surface area contributed by atoms with E-state index >= 15 is 0 Å². The molecule has 1 aromatic carbocycles. The van der Waals surface area contributed by atoms with Gasteiger partial charge in [-0.2, -0.15) is 13.2 Å². The predicted molar refractivity (Wildman–Crippen MR) is 63.3 cm³/mol. The first-order chi connectivity index (χ1) is 8.34. The predicted octanol–water partition coefficient (Wildman–Crippen LogP) is 3.41. The van der Waals surface area contributed by atoms with E-state index in [1.54, 1.807) is 0 Å². The van der Waals surface area contributed by atoms with E-state index in [1.165, 1.54) is 12.1 Å². The molecule has 2 N–H and O–H groups in total. The van der Waals surface area contributed by atoms with Crippen molar-refractivity contribution in [3.63, 3.8) is 0 Å². The van der Waals surface area contributed by atoms with Crippen molar-refractivity contribution in [3.05, 3.63) is 35.4 Å². The molecule has 2 nitrogen and oxygen atoms in total. The number of carbonyl (C=O) groups excluding carboxylic acids is 1. The van der Waals surface area contributed by atoms with Crippen LogP contribution in [0.4, 0.5) is 13.2 Å². The van der Waals surface area contributed by atoms with Crippen LogP contribution in [0.5, 0.6) is 0 Å². The lowest BCUT2D eigenvalue weighted by molar-refractivity contribution is -0.137. The quantitative estimate of drug-likeness (QED) is 0.823. The monoisotopic (exact) mass is 259 g/mol. The van der Waals surface area contributed by atoms with Gasteiger partial charge in [-0.3, -0.25) is 4.79 Å². The Balaban J connectivity index is 2.81. The van der Waals surface area contributed by atoms with Crippen LogP contribution in [-0.4, -0.2) is 11.8 Å². The number of benzene rings is 1. The van der Waals surface area contributed by atoms with Crippen molar-refractivity contribution >= 4 is 5.78 Å². The van der Waals surface area contributed by atoms with Crippen molar-refractivity contribution in [2.45, 2.75) is 38.4 Å². The average Bonchev–Trinajstić information content (AvgIpc) is 2.28. The van der Waals surface area contributed by atoms with E-state index < -0.39 is 11.7 Å². The van der Waals surface area contributed by atoms with Gasteiger partial charge in [0.1, 0.15) is 0 Å². The van der Waals surface area contributed by atoms with Crippen molar-refractivity contribution < 1.29 is 18.0 Å². The third-order valence-corrected chi connectivity index (χ3v) is 2.62. The van der Waals surface area contributed by atoms with Gasteiger partial charge in [-0.05, 0) is 18.6 Å². The smallest absolute Gasteiger partial charge is 0.327 e. The van der Waals surface area contributed by atoms with E-state index in [0.29, 0.717) is 6.42 Å². The van der Waals surface area contributed by atoms with Crippen molar-refractivity contribution in [2.75, 3.05) is 0 Å². The first-order valence-electron chi connectivity index (χ1n) is 5.80. The molecule has 1 unspecified atom stereocenters. The summed E-state index contributed by atoms with van der Waals surface area (Å²) in [5, 5.41) is 0. The van der Waals surface area contributed by atoms with Gasteiger partial charge in [-0.25, -0.2) is 0 Å². The minimum absolute atomic E-state index is 0.0661. The number of halogens is 3.